The Kier molecular flexibility index (Phi) is 2.41. The summed E-state index contributed by atoms with van der Waals surface area (Å²) in [6.07, 6.45) is 0.385. The zero-order chi connectivity index (χ0) is 11.2. The smallest absolute Gasteiger partial charge is 0.410 e. The van der Waals surface area contributed by atoms with Crippen LogP contribution in [0, 0.1) is 11.8 Å². The second-order valence-corrected chi connectivity index (χ2v) is 5.61. The van der Waals surface area contributed by atoms with E-state index in [9.17, 15) is 9.90 Å². The van der Waals surface area contributed by atoms with E-state index in [-0.39, 0.29) is 18.1 Å². The number of fused-ring (bicyclic) bond motifs is 1. The normalized spacial score (nSPS) is 34.7. The van der Waals surface area contributed by atoms with Crippen LogP contribution in [-0.4, -0.2) is 40.9 Å². The zero-order valence-corrected chi connectivity index (χ0v) is 9.56. The second kappa shape index (κ2) is 3.37. The first-order valence-corrected chi connectivity index (χ1v) is 5.53. The molecular formula is C11H19NO3. The molecule has 0 aromatic carbocycles. The summed E-state index contributed by atoms with van der Waals surface area (Å²) in [6.45, 7) is 7.00. The van der Waals surface area contributed by atoms with Gasteiger partial charge in [0, 0.05) is 19.0 Å². The highest BCUT2D eigenvalue weighted by atomic mass is 16.6. The van der Waals surface area contributed by atoms with Gasteiger partial charge >= 0.3 is 6.09 Å². The Labute approximate surface area is 90.2 Å². The number of carbonyl (C=O) groups excluding carboxylic acids is 1. The highest BCUT2D eigenvalue weighted by Gasteiger charge is 2.48. The second-order valence-electron chi connectivity index (χ2n) is 5.61. The summed E-state index contributed by atoms with van der Waals surface area (Å²) in [7, 11) is 0. The van der Waals surface area contributed by atoms with Gasteiger partial charge in [0.25, 0.3) is 0 Å². The third-order valence-electron chi connectivity index (χ3n) is 3.18. The lowest BCUT2D eigenvalue weighted by atomic mass is 9.74. The monoisotopic (exact) mass is 213 g/mol. The van der Waals surface area contributed by atoms with Gasteiger partial charge in [0.1, 0.15) is 5.60 Å². The third kappa shape index (κ3) is 2.09. The summed E-state index contributed by atoms with van der Waals surface area (Å²) >= 11 is 0. The van der Waals surface area contributed by atoms with Crippen molar-refractivity contribution < 1.29 is 14.6 Å². The first kappa shape index (κ1) is 10.7. The minimum atomic E-state index is -0.433. The Morgan fingerprint density at radius 3 is 2.53 bits per heavy atom. The fourth-order valence-electron chi connectivity index (χ4n) is 2.35. The Morgan fingerprint density at radius 1 is 1.40 bits per heavy atom. The van der Waals surface area contributed by atoms with Gasteiger partial charge in [0.05, 0.1) is 6.10 Å². The summed E-state index contributed by atoms with van der Waals surface area (Å²) in [5.41, 5.74) is -0.433. The van der Waals surface area contributed by atoms with Gasteiger partial charge in [0.2, 0.25) is 0 Å². The van der Waals surface area contributed by atoms with E-state index >= 15 is 0 Å². The Bertz CT molecular complexity index is 271. The molecule has 86 valence electrons. The fraction of sp³-hybridized carbons (Fsp3) is 0.909. The van der Waals surface area contributed by atoms with E-state index in [0.717, 1.165) is 13.0 Å². The van der Waals surface area contributed by atoms with E-state index in [1.165, 1.54) is 0 Å². The molecule has 0 bridgehead atoms. The molecule has 1 amide bonds. The van der Waals surface area contributed by atoms with Gasteiger partial charge in [-0.25, -0.2) is 4.79 Å². The zero-order valence-electron chi connectivity index (χ0n) is 9.56. The largest absolute Gasteiger partial charge is 0.444 e. The summed E-state index contributed by atoms with van der Waals surface area (Å²) in [5.74, 6) is 0.782. The molecule has 1 aliphatic carbocycles. The van der Waals surface area contributed by atoms with Crippen molar-refractivity contribution in [2.75, 3.05) is 13.1 Å². The standard InChI is InChI=1S/C11H19NO3/c1-11(2,3)15-10(14)12-5-7-4-9(13)8(7)6-12/h7-9,13H,4-6H2,1-3H3/t7-,8-,9-/m1/s1. The van der Waals surface area contributed by atoms with Crippen LogP contribution in [0.25, 0.3) is 0 Å². The molecule has 0 radical (unpaired) electrons. The summed E-state index contributed by atoms with van der Waals surface area (Å²) < 4.78 is 5.29. The molecule has 1 N–H and O–H groups in total. The molecule has 1 heterocycles. The van der Waals surface area contributed by atoms with Gasteiger partial charge in [-0.1, -0.05) is 0 Å². The molecular weight excluding hydrogens is 194 g/mol. The van der Waals surface area contributed by atoms with E-state index in [2.05, 4.69) is 0 Å². The van der Waals surface area contributed by atoms with Crippen LogP contribution in [0.15, 0.2) is 0 Å². The maximum absolute atomic E-state index is 11.7. The van der Waals surface area contributed by atoms with Gasteiger partial charge < -0.3 is 14.7 Å². The molecule has 15 heavy (non-hydrogen) atoms. The van der Waals surface area contributed by atoms with Crippen LogP contribution in [0.3, 0.4) is 0 Å². The van der Waals surface area contributed by atoms with Crippen LogP contribution in [-0.2, 0) is 4.74 Å². The Morgan fingerprint density at radius 2 is 2.07 bits per heavy atom. The van der Waals surface area contributed by atoms with Crippen molar-refractivity contribution in [3.8, 4) is 0 Å². The highest BCUT2D eigenvalue weighted by molar-refractivity contribution is 5.68. The number of hydrogen-bond donors (Lipinski definition) is 1. The SMILES string of the molecule is CC(C)(C)OC(=O)N1C[C@H]2C[C@@H](O)[C@@H]2C1. The number of ether oxygens (including phenoxy) is 1. The average molecular weight is 213 g/mol. The number of rotatable bonds is 0. The van der Waals surface area contributed by atoms with Gasteiger partial charge in [-0.15, -0.1) is 0 Å². The van der Waals surface area contributed by atoms with Crippen LogP contribution < -0.4 is 0 Å². The molecule has 1 aliphatic heterocycles. The van der Waals surface area contributed by atoms with Crippen molar-refractivity contribution in [1.82, 2.24) is 4.90 Å². The number of aliphatic hydroxyl groups is 1. The van der Waals surface area contributed by atoms with Crippen LogP contribution in [0.5, 0.6) is 0 Å². The van der Waals surface area contributed by atoms with Crippen LogP contribution in [0.1, 0.15) is 27.2 Å². The number of carbonyl (C=O) groups is 1. The minimum Gasteiger partial charge on any atom is -0.444 e. The number of hydrogen-bond acceptors (Lipinski definition) is 3. The molecule has 4 heteroatoms. The molecule has 2 rings (SSSR count). The number of nitrogens with zero attached hydrogens (tertiary/aromatic N) is 1. The summed E-state index contributed by atoms with van der Waals surface area (Å²) in [5, 5.41) is 9.47. The lowest BCUT2D eigenvalue weighted by molar-refractivity contribution is -0.00455. The highest BCUT2D eigenvalue weighted by Crippen LogP contribution is 2.41. The molecule has 0 unspecified atom stereocenters. The molecule has 2 fully saturated rings. The van der Waals surface area contributed by atoms with Gasteiger partial charge in [-0.3, -0.25) is 0 Å². The first-order chi connectivity index (χ1) is 6.87. The van der Waals surface area contributed by atoms with Crippen LogP contribution in [0.2, 0.25) is 0 Å². The maximum atomic E-state index is 11.7. The fourth-order valence-corrected chi connectivity index (χ4v) is 2.35. The predicted molar refractivity (Wildman–Crippen MR) is 55.4 cm³/mol. The number of aliphatic hydroxyl groups excluding tert-OH is 1. The van der Waals surface area contributed by atoms with E-state index in [4.69, 9.17) is 4.74 Å². The number of amides is 1. The van der Waals surface area contributed by atoms with Crippen molar-refractivity contribution >= 4 is 6.09 Å². The lowest BCUT2D eigenvalue weighted by Crippen LogP contribution is -2.40. The molecule has 1 saturated heterocycles. The van der Waals surface area contributed by atoms with E-state index in [0.29, 0.717) is 12.5 Å². The minimum absolute atomic E-state index is 0.206. The maximum Gasteiger partial charge on any atom is 0.410 e. The average Bonchev–Trinajstić information content (AvgIpc) is 2.39. The first-order valence-electron chi connectivity index (χ1n) is 5.53. The predicted octanol–water partition coefficient (Wildman–Crippen LogP) is 1.23. The molecule has 3 atom stereocenters. The lowest BCUT2D eigenvalue weighted by Gasteiger charge is -2.34. The Hall–Kier alpha value is -0.770. The van der Waals surface area contributed by atoms with Crippen molar-refractivity contribution in [3.63, 3.8) is 0 Å². The molecule has 0 aromatic rings. The van der Waals surface area contributed by atoms with E-state index < -0.39 is 5.60 Å². The van der Waals surface area contributed by atoms with E-state index in [1.807, 2.05) is 20.8 Å². The van der Waals surface area contributed by atoms with Crippen molar-refractivity contribution in [1.29, 1.82) is 0 Å². The molecule has 1 saturated carbocycles. The van der Waals surface area contributed by atoms with Crippen molar-refractivity contribution in [2.24, 2.45) is 11.8 Å². The molecule has 0 aromatic heterocycles. The summed E-state index contributed by atoms with van der Waals surface area (Å²) in [4.78, 5) is 13.4. The third-order valence-corrected chi connectivity index (χ3v) is 3.18. The Balaban J connectivity index is 1.88. The molecule has 2 aliphatic rings. The van der Waals surface area contributed by atoms with E-state index in [1.54, 1.807) is 4.90 Å². The van der Waals surface area contributed by atoms with Gasteiger partial charge in [-0.05, 0) is 33.1 Å². The van der Waals surface area contributed by atoms with Gasteiger partial charge in [-0.2, -0.15) is 0 Å². The molecule has 0 spiro atoms. The molecule has 4 nitrogen and oxygen atoms in total. The van der Waals surface area contributed by atoms with Crippen LogP contribution >= 0.6 is 0 Å². The summed E-state index contributed by atoms with van der Waals surface area (Å²) in [6, 6.07) is 0. The van der Waals surface area contributed by atoms with Crippen molar-refractivity contribution in [3.05, 3.63) is 0 Å². The topological polar surface area (TPSA) is 49.8 Å². The number of likely N-dealkylation sites (tertiary alicyclic amines) is 1. The van der Waals surface area contributed by atoms with Crippen molar-refractivity contribution in [2.45, 2.75) is 38.9 Å². The van der Waals surface area contributed by atoms with Gasteiger partial charge in [0.15, 0.2) is 0 Å². The van der Waals surface area contributed by atoms with Crippen LogP contribution in [0.4, 0.5) is 4.79 Å². The quantitative estimate of drug-likeness (QED) is 0.658.